The van der Waals surface area contributed by atoms with Crippen LogP contribution < -0.4 is 4.74 Å². The number of hydrogen-bond acceptors (Lipinski definition) is 7. The van der Waals surface area contributed by atoms with Gasteiger partial charge in [-0.3, -0.25) is 9.36 Å². The molecule has 6 rings (SSSR count). The number of amides is 1. The van der Waals surface area contributed by atoms with Crippen molar-refractivity contribution in [1.82, 2.24) is 24.0 Å². The maximum atomic E-state index is 13.7. The number of hydrogen-bond donors (Lipinski definition) is 0. The summed E-state index contributed by atoms with van der Waals surface area (Å²) in [7, 11) is -2.08. The van der Waals surface area contributed by atoms with Crippen LogP contribution in [0.2, 0.25) is 0 Å². The van der Waals surface area contributed by atoms with Crippen LogP contribution >= 0.6 is 11.8 Å². The lowest BCUT2D eigenvalue weighted by Gasteiger charge is -2.39. The number of methoxy groups -OCH3 is 1. The fourth-order valence-electron chi connectivity index (χ4n) is 5.74. The van der Waals surface area contributed by atoms with Crippen LogP contribution in [-0.2, 0) is 14.8 Å². The molecule has 0 N–H and O–H groups in total. The van der Waals surface area contributed by atoms with Gasteiger partial charge in [0.15, 0.2) is 11.0 Å². The largest absolute Gasteiger partial charge is 0.497 e. The summed E-state index contributed by atoms with van der Waals surface area (Å²) in [6, 6.07) is 30.2. The zero-order valence-electron chi connectivity index (χ0n) is 25.2. The Hall–Kier alpha value is -4.19. The number of sulfonamides is 1. The zero-order chi connectivity index (χ0) is 31.4. The SMILES string of the molecule is COc1cccc(-c2nnc(SCCCC(=O)N3CCN(S(=O)(=O)c4cccc5ccccc45)C(C)C3)n2-c2ccccc2)c1. The van der Waals surface area contributed by atoms with Crippen molar-refractivity contribution in [1.29, 1.82) is 0 Å². The number of benzene rings is 4. The molecule has 1 aliphatic rings. The van der Waals surface area contributed by atoms with Gasteiger partial charge in [-0.2, -0.15) is 4.31 Å². The quantitative estimate of drug-likeness (QED) is 0.139. The second kappa shape index (κ2) is 13.4. The molecular weight excluding hydrogens is 607 g/mol. The lowest BCUT2D eigenvalue weighted by Crippen LogP contribution is -2.55. The van der Waals surface area contributed by atoms with Gasteiger partial charge in [0.2, 0.25) is 15.9 Å². The molecule has 5 aromatic rings. The molecule has 0 radical (unpaired) electrons. The molecule has 1 amide bonds. The van der Waals surface area contributed by atoms with Crippen LogP contribution in [0.5, 0.6) is 5.75 Å². The van der Waals surface area contributed by atoms with E-state index in [9.17, 15) is 13.2 Å². The molecule has 1 aliphatic heterocycles. The number of carbonyl (C=O) groups is 1. The lowest BCUT2D eigenvalue weighted by molar-refractivity contribution is -0.133. The Morgan fingerprint density at radius 2 is 1.69 bits per heavy atom. The number of carbonyl (C=O) groups excluding carboxylic acids is 1. The summed E-state index contributed by atoms with van der Waals surface area (Å²) in [5.74, 6) is 2.17. The Labute approximate surface area is 267 Å². The van der Waals surface area contributed by atoms with Gasteiger partial charge in [-0.15, -0.1) is 10.2 Å². The third-order valence-electron chi connectivity index (χ3n) is 8.00. The first-order valence-electron chi connectivity index (χ1n) is 14.9. The summed E-state index contributed by atoms with van der Waals surface area (Å²) in [6.45, 7) is 2.86. The van der Waals surface area contributed by atoms with E-state index in [4.69, 9.17) is 4.74 Å². The molecule has 1 unspecified atom stereocenters. The molecule has 0 spiro atoms. The molecule has 1 atom stereocenters. The van der Waals surface area contributed by atoms with Gasteiger partial charge in [0.05, 0.1) is 12.0 Å². The highest BCUT2D eigenvalue weighted by molar-refractivity contribution is 7.99. The fourth-order valence-corrected chi connectivity index (χ4v) is 8.46. The highest BCUT2D eigenvalue weighted by Crippen LogP contribution is 2.31. The summed E-state index contributed by atoms with van der Waals surface area (Å²) >= 11 is 1.56. The summed E-state index contributed by atoms with van der Waals surface area (Å²) in [5.41, 5.74) is 1.84. The van der Waals surface area contributed by atoms with Gasteiger partial charge < -0.3 is 9.64 Å². The van der Waals surface area contributed by atoms with Crippen LogP contribution in [-0.4, -0.2) is 76.8 Å². The van der Waals surface area contributed by atoms with Crippen molar-refractivity contribution in [2.24, 2.45) is 0 Å². The van der Waals surface area contributed by atoms with E-state index in [0.717, 1.165) is 27.5 Å². The molecule has 9 nitrogen and oxygen atoms in total. The van der Waals surface area contributed by atoms with Crippen molar-refractivity contribution in [2.45, 2.75) is 35.9 Å². The smallest absolute Gasteiger partial charge is 0.244 e. The van der Waals surface area contributed by atoms with E-state index >= 15 is 0 Å². The second-order valence-electron chi connectivity index (χ2n) is 10.9. The number of piperazine rings is 1. The molecule has 4 aromatic carbocycles. The van der Waals surface area contributed by atoms with Gasteiger partial charge in [-0.25, -0.2) is 8.42 Å². The van der Waals surface area contributed by atoms with Crippen LogP contribution in [0.4, 0.5) is 0 Å². The third-order valence-corrected chi connectivity index (χ3v) is 11.1. The molecule has 1 saturated heterocycles. The number of nitrogens with zero attached hydrogens (tertiary/aromatic N) is 5. The minimum atomic E-state index is -3.72. The highest BCUT2D eigenvalue weighted by Gasteiger charge is 2.35. The number of fused-ring (bicyclic) bond motifs is 1. The Morgan fingerprint density at radius 1 is 0.933 bits per heavy atom. The first kappa shape index (κ1) is 30.8. The van der Waals surface area contributed by atoms with E-state index < -0.39 is 10.0 Å². The van der Waals surface area contributed by atoms with E-state index in [0.29, 0.717) is 47.8 Å². The van der Waals surface area contributed by atoms with E-state index in [-0.39, 0.29) is 18.5 Å². The van der Waals surface area contributed by atoms with E-state index in [1.807, 2.05) is 96.4 Å². The number of aromatic nitrogens is 3. The van der Waals surface area contributed by atoms with Crippen LogP contribution in [0.25, 0.3) is 27.8 Å². The molecule has 0 aliphatic carbocycles. The number of rotatable bonds is 10. The molecule has 45 heavy (non-hydrogen) atoms. The van der Waals surface area contributed by atoms with Crippen molar-refractivity contribution >= 4 is 38.5 Å². The predicted molar refractivity (Wildman–Crippen MR) is 177 cm³/mol. The topological polar surface area (TPSA) is 97.6 Å². The van der Waals surface area contributed by atoms with Gasteiger partial charge in [0.1, 0.15) is 5.75 Å². The second-order valence-corrected chi connectivity index (χ2v) is 13.9. The van der Waals surface area contributed by atoms with Crippen molar-refractivity contribution in [3.63, 3.8) is 0 Å². The maximum Gasteiger partial charge on any atom is 0.244 e. The van der Waals surface area contributed by atoms with Crippen LogP contribution in [0.3, 0.4) is 0 Å². The summed E-state index contributed by atoms with van der Waals surface area (Å²) in [6.07, 6.45) is 1.03. The van der Waals surface area contributed by atoms with E-state index in [1.165, 1.54) is 4.31 Å². The first-order valence-corrected chi connectivity index (χ1v) is 17.3. The number of ether oxygens (including phenoxy) is 1. The number of para-hydroxylation sites is 1. The van der Waals surface area contributed by atoms with Gasteiger partial charge in [-0.1, -0.05) is 78.5 Å². The van der Waals surface area contributed by atoms with Crippen LogP contribution in [0, 0.1) is 0 Å². The average molecular weight is 642 g/mol. The molecule has 1 fully saturated rings. The Morgan fingerprint density at radius 3 is 2.49 bits per heavy atom. The highest BCUT2D eigenvalue weighted by atomic mass is 32.2. The minimum Gasteiger partial charge on any atom is -0.497 e. The lowest BCUT2D eigenvalue weighted by atomic mass is 10.1. The normalized spacial score (nSPS) is 15.8. The molecule has 0 bridgehead atoms. The Balaban J connectivity index is 1.08. The maximum absolute atomic E-state index is 13.7. The summed E-state index contributed by atoms with van der Waals surface area (Å²) in [5, 5.41) is 11.3. The average Bonchev–Trinajstić information content (AvgIpc) is 3.50. The summed E-state index contributed by atoms with van der Waals surface area (Å²) in [4.78, 5) is 15.3. The molecule has 1 aromatic heterocycles. The molecule has 232 valence electrons. The van der Waals surface area contributed by atoms with Crippen molar-refractivity contribution in [2.75, 3.05) is 32.5 Å². The minimum absolute atomic E-state index is 0.0336. The first-order chi connectivity index (χ1) is 21.9. The Kier molecular flexibility index (Phi) is 9.20. The summed E-state index contributed by atoms with van der Waals surface area (Å²) < 4.78 is 36.4. The van der Waals surface area contributed by atoms with E-state index in [1.54, 1.807) is 35.9 Å². The standard InChI is InChI=1S/C34H35N5O4S2/c1-25-24-37(20-21-38(25)45(41,42)31-18-9-12-26-11-6-7-17-30(26)31)32(40)19-10-22-44-34-36-35-33(27-13-8-16-29(23-27)43-2)39(34)28-14-4-3-5-15-28/h3-9,11-18,23,25H,10,19-22,24H2,1-2H3. The van der Waals surface area contributed by atoms with Gasteiger partial charge >= 0.3 is 0 Å². The molecular formula is C34H35N5O4S2. The fraction of sp³-hybridized carbons (Fsp3) is 0.265. The molecule has 0 saturated carbocycles. The van der Waals surface area contributed by atoms with Crippen molar-refractivity contribution < 1.29 is 17.9 Å². The third kappa shape index (κ3) is 6.47. The van der Waals surface area contributed by atoms with E-state index in [2.05, 4.69) is 10.2 Å². The van der Waals surface area contributed by atoms with Gasteiger partial charge in [-0.05, 0) is 49.1 Å². The van der Waals surface area contributed by atoms with Crippen molar-refractivity contribution in [3.05, 3.63) is 97.1 Å². The van der Waals surface area contributed by atoms with Crippen LogP contribution in [0.1, 0.15) is 19.8 Å². The number of thioether (sulfide) groups is 1. The van der Waals surface area contributed by atoms with Crippen molar-refractivity contribution in [3.8, 4) is 22.8 Å². The monoisotopic (exact) mass is 641 g/mol. The van der Waals surface area contributed by atoms with Crippen LogP contribution in [0.15, 0.2) is 107 Å². The molecule has 2 heterocycles. The van der Waals surface area contributed by atoms with Gasteiger partial charge in [0, 0.05) is 54.5 Å². The Bertz CT molecular complexity index is 1910. The zero-order valence-corrected chi connectivity index (χ0v) is 26.9. The predicted octanol–water partition coefficient (Wildman–Crippen LogP) is 5.89. The molecule has 11 heteroatoms. The van der Waals surface area contributed by atoms with Gasteiger partial charge in [0.25, 0.3) is 0 Å².